The minimum Gasteiger partial charge on any atom is -0.490 e. The zero-order valence-electron chi connectivity index (χ0n) is 22.8. The molecule has 2 N–H and O–H groups in total. The molecule has 1 amide bonds. The molecule has 0 aliphatic carbocycles. The average molecular weight is 547 g/mol. The third-order valence-electron chi connectivity index (χ3n) is 5.27. The van der Waals surface area contributed by atoms with Crippen molar-refractivity contribution in [3.63, 3.8) is 0 Å². The van der Waals surface area contributed by atoms with Crippen LogP contribution in [0.4, 0.5) is 5.82 Å². The number of nitrogens with zero attached hydrogens (tertiary/aromatic N) is 4. The molecule has 3 rings (SSSR count). The Bertz CT molecular complexity index is 1160. The Labute approximate surface area is 228 Å². The number of nitrogens with one attached hydrogen (secondary N) is 2. The van der Waals surface area contributed by atoms with Crippen LogP contribution in [0.3, 0.4) is 0 Å². The molecule has 38 heavy (non-hydrogen) atoms. The molecule has 12 heteroatoms. The summed E-state index contributed by atoms with van der Waals surface area (Å²) in [5, 5.41) is 12.3. The van der Waals surface area contributed by atoms with Crippen LogP contribution < -0.4 is 24.8 Å². The maximum Gasteiger partial charge on any atom is 0.251 e. The SMILES string of the molecule is CCOCCNc1nc(SCC)nc2c1cnn2CCNC(=O)c1cc(OCC)c(OCC)c(OCC)c1. The van der Waals surface area contributed by atoms with Crippen molar-refractivity contribution in [3.8, 4) is 17.2 Å². The highest BCUT2D eigenvalue weighted by molar-refractivity contribution is 7.99. The standard InChI is InChI=1S/C26H38N6O5S/c1-6-34-14-12-27-23-19-17-29-32(24(19)31-26(30-23)38-10-5)13-11-28-25(33)18-15-20(35-7-2)22(37-9-4)21(16-18)36-8-3/h15-17H,6-14H2,1-5H3,(H,28,33)(H,27,30,31). The van der Waals surface area contributed by atoms with Gasteiger partial charge in [0.15, 0.2) is 22.3 Å². The second-order valence-corrected chi connectivity index (χ2v) is 9.10. The number of amides is 1. The monoisotopic (exact) mass is 546 g/mol. The Morgan fingerprint density at radius 3 is 2.29 bits per heavy atom. The molecule has 0 bridgehead atoms. The number of rotatable bonds is 17. The van der Waals surface area contributed by atoms with Crippen LogP contribution in [0.2, 0.25) is 0 Å². The van der Waals surface area contributed by atoms with Gasteiger partial charge in [-0.3, -0.25) is 4.79 Å². The molecule has 0 spiro atoms. The van der Waals surface area contributed by atoms with E-state index < -0.39 is 0 Å². The lowest BCUT2D eigenvalue weighted by Crippen LogP contribution is -2.27. The molecule has 0 saturated carbocycles. The summed E-state index contributed by atoms with van der Waals surface area (Å²) in [4.78, 5) is 22.4. The molecule has 3 aromatic rings. The fourth-order valence-corrected chi connectivity index (χ4v) is 4.28. The summed E-state index contributed by atoms with van der Waals surface area (Å²) < 4.78 is 24.4. The summed E-state index contributed by atoms with van der Waals surface area (Å²) in [5.41, 5.74) is 1.14. The molecule has 0 atom stereocenters. The number of aromatic nitrogens is 4. The van der Waals surface area contributed by atoms with Crippen LogP contribution >= 0.6 is 11.8 Å². The highest BCUT2D eigenvalue weighted by Crippen LogP contribution is 2.39. The summed E-state index contributed by atoms with van der Waals surface area (Å²) in [7, 11) is 0. The lowest BCUT2D eigenvalue weighted by atomic mass is 10.1. The Morgan fingerprint density at radius 2 is 1.66 bits per heavy atom. The molecular formula is C26H38N6O5S. The van der Waals surface area contributed by atoms with Crippen molar-refractivity contribution in [2.45, 2.75) is 46.3 Å². The van der Waals surface area contributed by atoms with Crippen molar-refractivity contribution < 1.29 is 23.7 Å². The van der Waals surface area contributed by atoms with Gasteiger partial charge in [-0.15, -0.1) is 0 Å². The first-order chi connectivity index (χ1) is 18.6. The molecule has 0 unspecified atom stereocenters. The van der Waals surface area contributed by atoms with E-state index in [-0.39, 0.29) is 5.91 Å². The Hall–Kier alpha value is -3.25. The van der Waals surface area contributed by atoms with Crippen LogP contribution in [0.1, 0.15) is 45.0 Å². The zero-order chi connectivity index (χ0) is 27.3. The molecule has 0 aliphatic heterocycles. The number of thioether (sulfide) groups is 1. The van der Waals surface area contributed by atoms with E-state index in [2.05, 4.69) is 27.6 Å². The number of hydrogen-bond acceptors (Lipinski definition) is 10. The van der Waals surface area contributed by atoms with Crippen LogP contribution in [-0.2, 0) is 11.3 Å². The van der Waals surface area contributed by atoms with Crippen molar-refractivity contribution in [3.05, 3.63) is 23.9 Å². The van der Waals surface area contributed by atoms with Gasteiger partial charge in [0.05, 0.1) is 44.6 Å². The van der Waals surface area contributed by atoms with Gasteiger partial charge >= 0.3 is 0 Å². The summed E-state index contributed by atoms with van der Waals surface area (Å²) in [6.45, 7) is 13.7. The minimum absolute atomic E-state index is 0.249. The number of fused-ring (bicyclic) bond motifs is 1. The van der Waals surface area contributed by atoms with Crippen molar-refractivity contribution >= 4 is 34.5 Å². The first-order valence-electron chi connectivity index (χ1n) is 13.1. The summed E-state index contributed by atoms with van der Waals surface area (Å²) >= 11 is 1.56. The van der Waals surface area contributed by atoms with Gasteiger partial charge in [0.25, 0.3) is 5.91 Å². The highest BCUT2D eigenvalue weighted by atomic mass is 32.2. The quantitative estimate of drug-likeness (QED) is 0.146. The van der Waals surface area contributed by atoms with Gasteiger partial charge in [0.1, 0.15) is 5.82 Å². The van der Waals surface area contributed by atoms with E-state index in [1.54, 1.807) is 34.8 Å². The van der Waals surface area contributed by atoms with Crippen LogP contribution in [0, 0.1) is 0 Å². The zero-order valence-corrected chi connectivity index (χ0v) is 23.7. The van der Waals surface area contributed by atoms with E-state index in [0.29, 0.717) is 86.3 Å². The fraction of sp³-hybridized carbons (Fsp3) is 0.538. The summed E-state index contributed by atoms with van der Waals surface area (Å²) in [5.74, 6) is 2.78. The molecule has 1 aromatic carbocycles. The van der Waals surface area contributed by atoms with Crippen LogP contribution in [0.15, 0.2) is 23.5 Å². The van der Waals surface area contributed by atoms with Crippen molar-refractivity contribution in [2.24, 2.45) is 0 Å². The van der Waals surface area contributed by atoms with E-state index in [9.17, 15) is 4.79 Å². The third-order valence-corrected chi connectivity index (χ3v) is 6.00. The molecule has 0 radical (unpaired) electrons. The molecule has 11 nitrogen and oxygen atoms in total. The van der Waals surface area contributed by atoms with Crippen molar-refractivity contribution in [1.29, 1.82) is 0 Å². The number of ether oxygens (including phenoxy) is 4. The van der Waals surface area contributed by atoms with Gasteiger partial charge in [-0.2, -0.15) is 5.10 Å². The maximum atomic E-state index is 13.0. The minimum atomic E-state index is -0.249. The van der Waals surface area contributed by atoms with Crippen molar-refractivity contribution in [1.82, 2.24) is 25.1 Å². The van der Waals surface area contributed by atoms with Gasteiger partial charge in [-0.25, -0.2) is 14.6 Å². The number of hydrogen-bond donors (Lipinski definition) is 2. The topological polar surface area (TPSA) is 122 Å². The smallest absolute Gasteiger partial charge is 0.251 e. The Balaban J connectivity index is 1.75. The highest BCUT2D eigenvalue weighted by Gasteiger charge is 2.19. The second kappa shape index (κ2) is 15.2. The Kier molecular flexibility index (Phi) is 11.7. The maximum absolute atomic E-state index is 13.0. The third kappa shape index (κ3) is 7.64. The van der Waals surface area contributed by atoms with Gasteiger partial charge in [0, 0.05) is 25.3 Å². The van der Waals surface area contributed by atoms with Gasteiger partial charge in [-0.05, 0) is 45.6 Å². The molecule has 208 valence electrons. The largest absolute Gasteiger partial charge is 0.490 e. The van der Waals surface area contributed by atoms with Gasteiger partial charge in [-0.1, -0.05) is 18.7 Å². The van der Waals surface area contributed by atoms with E-state index in [1.165, 1.54) is 0 Å². The molecule has 0 aliphatic rings. The number of carbonyl (C=O) groups excluding carboxylic acids is 1. The molecule has 0 fully saturated rings. The summed E-state index contributed by atoms with van der Waals surface area (Å²) in [6, 6.07) is 3.36. The first kappa shape index (κ1) is 29.3. The lowest BCUT2D eigenvalue weighted by Gasteiger charge is -2.17. The van der Waals surface area contributed by atoms with E-state index >= 15 is 0 Å². The summed E-state index contributed by atoms with van der Waals surface area (Å²) in [6.07, 6.45) is 1.75. The second-order valence-electron chi connectivity index (χ2n) is 7.87. The van der Waals surface area contributed by atoms with Gasteiger partial charge < -0.3 is 29.6 Å². The molecule has 2 heterocycles. The van der Waals surface area contributed by atoms with Crippen molar-refractivity contribution in [2.75, 3.05) is 57.2 Å². The molecule has 2 aromatic heterocycles. The fourth-order valence-electron chi connectivity index (χ4n) is 3.71. The normalized spacial score (nSPS) is 11.0. The van der Waals surface area contributed by atoms with Gasteiger partial charge in [0.2, 0.25) is 5.75 Å². The molecular weight excluding hydrogens is 508 g/mol. The van der Waals surface area contributed by atoms with E-state index in [1.807, 2.05) is 27.7 Å². The van der Waals surface area contributed by atoms with Crippen LogP contribution in [0.5, 0.6) is 17.2 Å². The van der Waals surface area contributed by atoms with E-state index in [4.69, 9.17) is 23.9 Å². The predicted octanol–water partition coefficient (Wildman–Crippen LogP) is 4.01. The average Bonchev–Trinajstić information content (AvgIpc) is 3.31. The first-order valence-corrected chi connectivity index (χ1v) is 14.1. The predicted molar refractivity (Wildman–Crippen MR) is 149 cm³/mol. The number of anilines is 1. The van der Waals surface area contributed by atoms with Crippen LogP contribution in [-0.4, -0.2) is 77.5 Å². The number of benzene rings is 1. The van der Waals surface area contributed by atoms with Crippen LogP contribution in [0.25, 0.3) is 11.0 Å². The Morgan fingerprint density at radius 1 is 0.947 bits per heavy atom. The molecule has 0 saturated heterocycles. The van der Waals surface area contributed by atoms with E-state index in [0.717, 1.165) is 17.0 Å². The lowest BCUT2D eigenvalue weighted by molar-refractivity contribution is 0.0951. The number of carbonyl (C=O) groups is 1.